The van der Waals surface area contributed by atoms with Gasteiger partial charge in [0, 0.05) is 18.7 Å². The van der Waals surface area contributed by atoms with Crippen LogP contribution in [0, 0.1) is 6.92 Å². The van der Waals surface area contributed by atoms with Gasteiger partial charge >= 0.3 is 0 Å². The number of benzene rings is 3. The van der Waals surface area contributed by atoms with Gasteiger partial charge in [0.25, 0.3) is 11.8 Å². The summed E-state index contributed by atoms with van der Waals surface area (Å²) in [6, 6.07) is 22.3. The molecule has 1 unspecified atom stereocenters. The molecule has 3 aromatic carbocycles. The maximum absolute atomic E-state index is 14.4. The van der Waals surface area contributed by atoms with Gasteiger partial charge in [-0.05, 0) is 37.1 Å². The summed E-state index contributed by atoms with van der Waals surface area (Å²) >= 11 is 0. The van der Waals surface area contributed by atoms with E-state index in [4.69, 9.17) is 4.42 Å². The summed E-state index contributed by atoms with van der Waals surface area (Å²) in [7, 11) is 0. The van der Waals surface area contributed by atoms with Crippen LogP contribution >= 0.6 is 0 Å². The molecule has 6 heteroatoms. The molecule has 1 aromatic heterocycles. The first-order chi connectivity index (χ1) is 17.0. The number of hydrogen-bond acceptors (Lipinski definition) is 4. The molecule has 0 radical (unpaired) electrons. The second-order valence-electron chi connectivity index (χ2n) is 9.20. The first-order valence-corrected chi connectivity index (χ1v) is 11.8. The topological polar surface area (TPSA) is 70.8 Å². The van der Waals surface area contributed by atoms with Crippen molar-refractivity contribution >= 4 is 28.5 Å². The van der Waals surface area contributed by atoms with Crippen LogP contribution in [-0.4, -0.2) is 23.3 Å². The summed E-state index contributed by atoms with van der Waals surface area (Å²) in [5.41, 5.74) is 1.67. The summed E-state index contributed by atoms with van der Waals surface area (Å²) in [5.74, 6) is -0.795. The zero-order valence-electron chi connectivity index (χ0n) is 19.6. The largest absolute Gasteiger partial charge is 0.450 e. The van der Waals surface area contributed by atoms with E-state index in [2.05, 4.69) is 0 Å². The van der Waals surface area contributed by atoms with Gasteiger partial charge in [0.2, 0.25) is 5.76 Å². The molecule has 0 saturated heterocycles. The molecule has 6 rings (SSSR count). The number of para-hydroxylation sites is 1. The molecule has 0 bridgehead atoms. The van der Waals surface area contributed by atoms with Crippen LogP contribution in [0.5, 0.6) is 0 Å². The molecular weight excluding hydrogens is 440 g/mol. The van der Waals surface area contributed by atoms with Crippen molar-refractivity contribution in [2.24, 2.45) is 0 Å². The Morgan fingerprint density at radius 2 is 1.66 bits per heavy atom. The fourth-order valence-electron chi connectivity index (χ4n) is 5.54. The maximum atomic E-state index is 14.4. The molecular formula is C29H24N2O4. The third-order valence-electron chi connectivity index (χ3n) is 7.02. The quantitative estimate of drug-likeness (QED) is 0.437. The minimum Gasteiger partial charge on any atom is -0.450 e. The van der Waals surface area contributed by atoms with Gasteiger partial charge in [-0.25, -0.2) is 0 Å². The fourth-order valence-corrected chi connectivity index (χ4v) is 5.54. The zero-order valence-corrected chi connectivity index (χ0v) is 19.6. The van der Waals surface area contributed by atoms with Gasteiger partial charge in [0.05, 0.1) is 16.6 Å². The second kappa shape index (κ2) is 7.67. The predicted octanol–water partition coefficient (Wildman–Crippen LogP) is 4.76. The Kier molecular flexibility index (Phi) is 4.68. The number of aryl methyl sites for hydroxylation is 1. The molecule has 0 aliphatic carbocycles. The van der Waals surface area contributed by atoms with Gasteiger partial charge < -0.3 is 14.2 Å². The molecule has 4 aromatic rings. The van der Waals surface area contributed by atoms with Gasteiger partial charge in [0.15, 0.2) is 11.0 Å². The van der Waals surface area contributed by atoms with E-state index in [9.17, 15) is 14.4 Å². The Morgan fingerprint density at radius 3 is 2.43 bits per heavy atom. The fraction of sp³-hybridized carbons (Fsp3) is 0.207. The normalized spacial score (nSPS) is 18.6. The summed E-state index contributed by atoms with van der Waals surface area (Å²) in [5, 5.41) is 0.372. The molecule has 0 saturated carbocycles. The first-order valence-electron chi connectivity index (χ1n) is 11.8. The zero-order chi connectivity index (χ0) is 24.3. The van der Waals surface area contributed by atoms with Crippen molar-refractivity contribution in [1.82, 2.24) is 4.90 Å². The lowest BCUT2D eigenvalue weighted by Gasteiger charge is -2.34. The number of hydrogen-bond donors (Lipinski definition) is 0. The standard InChI is InChI=1S/C29H24N2O4/c1-3-15-30-22-12-8-7-11-21(22)29(28(30)34)24-25(32)20-16-18(2)13-14-23(20)35-26(24)27(33)31(29)17-19-9-5-4-6-10-19/h4-14,16H,3,15,17H2,1-2H3. The van der Waals surface area contributed by atoms with Crippen LogP contribution in [0.4, 0.5) is 5.69 Å². The van der Waals surface area contributed by atoms with Crippen LogP contribution in [0.2, 0.25) is 0 Å². The van der Waals surface area contributed by atoms with E-state index in [1.165, 1.54) is 4.90 Å². The van der Waals surface area contributed by atoms with E-state index in [1.54, 1.807) is 17.0 Å². The van der Waals surface area contributed by atoms with E-state index in [0.717, 1.165) is 23.2 Å². The van der Waals surface area contributed by atoms with E-state index < -0.39 is 11.4 Å². The maximum Gasteiger partial charge on any atom is 0.291 e. The van der Waals surface area contributed by atoms with Crippen molar-refractivity contribution in [3.8, 4) is 0 Å². The van der Waals surface area contributed by atoms with Gasteiger partial charge in [-0.3, -0.25) is 14.4 Å². The molecule has 174 valence electrons. The Balaban J connectivity index is 1.71. The first kappa shape index (κ1) is 21.4. The summed E-state index contributed by atoms with van der Waals surface area (Å²) in [6.07, 6.45) is 0.737. The SMILES string of the molecule is CCCN1C(=O)C2(c3ccccc31)c1c(oc3ccc(C)cc3c1=O)C(=O)N2Cc1ccccc1. The number of rotatable bonds is 4. The predicted molar refractivity (Wildman–Crippen MR) is 133 cm³/mol. The lowest BCUT2D eigenvalue weighted by atomic mass is 9.83. The molecule has 2 aliphatic heterocycles. The number of amides is 2. The molecule has 2 aliphatic rings. The Morgan fingerprint density at radius 1 is 0.914 bits per heavy atom. The van der Waals surface area contributed by atoms with E-state index in [-0.39, 0.29) is 29.2 Å². The van der Waals surface area contributed by atoms with Gasteiger partial charge in [-0.15, -0.1) is 0 Å². The summed E-state index contributed by atoms with van der Waals surface area (Å²) in [4.78, 5) is 45.7. The Bertz CT molecular complexity index is 1570. The highest BCUT2D eigenvalue weighted by molar-refractivity contribution is 6.17. The average Bonchev–Trinajstić information content (AvgIpc) is 3.26. The van der Waals surface area contributed by atoms with Crippen molar-refractivity contribution in [3.63, 3.8) is 0 Å². The minimum absolute atomic E-state index is 0.0521. The molecule has 1 spiro atoms. The molecule has 3 heterocycles. The molecule has 0 N–H and O–H groups in total. The van der Waals surface area contributed by atoms with Crippen molar-refractivity contribution in [1.29, 1.82) is 0 Å². The van der Waals surface area contributed by atoms with Gasteiger partial charge in [0.1, 0.15) is 5.58 Å². The third-order valence-corrected chi connectivity index (χ3v) is 7.02. The molecule has 6 nitrogen and oxygen atoms in total. The number of fused-ring (bicyclic) bond motifs is 5. The van der Waals surface area contributed by atoms with E-state index in [1.807, 2.05) is 74.5 Å². The smallest absolute Gasteiger partial charge is 0.291 e. The summed E-state index contributed by atoms with van der Waals surface area (Å²) in [6.45, 7) is 4.55. The van der Waals surface area contributed by atoms with Crippen LogP contribution in [-0.2, 0) is 16.9 Å². The summed E-state index contributed by atoms with van der Waals surface area (Å²) < 4.78 is 6.10. The Hall–Kier alpha value is -4.19. The highest BCUT2D eigenvalue weighted by Gasteiger charge is 2.64. The molecule has 2 amide bonds. The number of carbonyl (C=O) groups is 2. The lowest BCUT2D eigenvalue weighted by Crippen LogP contribution is -2.53. The van der Waals surface area contributed by atoms with Crippen molar-refractivity contribution in [2.45, 2.75) is 32.4 Å². The number of carbonyl (C=O) groups excluding carboxylic acids is 2. The van der Waals surface area contributed by atoms with Gasteiger partial charge in [-0.2, -0.15) is 0 Å². The van der Waals surface area contributed by atoms with Crippen LogP contribution < -0.4 is 10.3 Å². The van der Waals surface area contributed by atoms with E-state index in [0.29, 0.717) is 23.1 Å². The van der Waals surface area contributed by atoms with Crippen molar-refractivity contribution in [3.05, 3.63) is 111 Å². The second-order valence-corrected chi connectivity index (χ2v) is 9.20. The molecule has 1 atom stereocenters. The molecule has 0 fully saturated rings. The average molecular weight is 465 g/mol. The highest BCUT2D eigenvalue weighted by Crippen LogP contribution is 2.53. The molecule has 35 heavy (non-hydrogen) atoms. The number of anilines is 1. The third kappa shape index (κ3) is 2.80. The van der Waals surface area contributed by atoms with Crippen molar-refractivity contribution in [2.75, 3.05) is 11.4 Å². The van der Waals surface area contributed by atoms with E-state index >= 15 is 0 Å². The lowest BCUT2D eigenvalue weighted by molar-refractivity contribution is -0.126. The van der Waals surface area contributed by atoms with Crippen molar-refractivity contribution < 1.29 is 14.0 Å². The van der Waals surface area contributed by atoms with Gasteiger partial charge in [-0.1, -0.05) is 67.1 Å². The van der Waals surface area contributed by atoms with Crippen LogP contribution in [0.1, 0.15) is 46.2 Å². The number of nitrogens with zero attached hydrogens (tertiary/aromatic N) is 2. The monoisotopic (exact) mass is 464 g/mol. The highest BCUT2D eigenvalue weighted by atomic mass is 16.3. The van der Waals surface area contributed by atoms with Crippen LogP contribution in [0.15, 0.2) is 82.0 Å². The van der Waals surface area contributed by atoms with Crippen LogP contribution in [0.3, 0.4) is 0 Å². The van der Waals surface area contributed by atoms with Crippen LogP contribution in [0.25, 0.3) is 11.0 Å². The Labute approximate surface area is 202 Å². The minimum atomic E-state index is -1.58.